The molecule has 0 radical (unpaired) electrons. The molecule has 1 N–H and O–H groups in total. The van der Waals surface area contributed by atoms with Gasteiger partial charge in [0, 0.05) is 7.05 Å². The Morgan fingerprint density at radius 3 is 2.12 bits per heavy atom. The number of urea groups is 1. The van der Waals surface area contributed by atoms with E-state index in [0.717, 1.165) is 7.05 Å². The minimum absolute atomic E-state index is 0.0981. The van der Waals surface area contributed by atoms with Crippen molar-refractivity contribution in [2.75, 3.05) is 7.05 Å². The molecule has 1 saturated heterocycles. The Morgan fingerprint density at radius 2 is 1.82 bits per heavy atom. The molecule has 0 aromatic heterocycles. The molecule has 1 aliphatic rings. The summed E-state index contributed by atoms with van der Waals surface area (Å²) in [5.41, 5.74) is -1.68. The number of aliphatic carboxylic acids is 1. The van der Waals surface area contributed by atoms with Crippen LogP contribution in [0.1, 0.15) is 26.7 Å². The Bertz CT molecular complexity index is 406. The van der Waals surface area contributed by atoms with Gasteiger partial charge < -0.3 is 5.11 Å². The van der Waals surface area contributed by atoms with E-state index in [1.165, 1.54) is 6.92 Å². The molecule has 1 aliphatic heterocycles. The van der Waals surface area contributed by atoms with Gasteiger partial charge in [0.25, 0.3) is 0 Å². The van der Waals surface area contributed by atoms with Crippen LogP contribution in [0.15, 0.2) is 0 Å². The summed E-state index contributed by atoms with van der Waals surface area (Å²) >= 11 is 0. The second-order valence-corrected chi connectivity index (χ2v) is 4.12. The average molecular weight is 242 g/mol. The highest BCUT2D eigenvalue weighted by Crippen LogP contribution is 2.27. The number of likely N-dealkylation sites (N-methyl/N-ethyl adjacent to an activating group) is 1. The molecule has 1 unspecified atom stereocenters. The number of hydrogen-bond acceptors (Lipinski definition) is 4. The maximum atomic E-state index is 11.7. The number of nitrogens with zero attached hydrogens (tertiary/aromatic N) is 2. The van der Waals surface area contributed by atoms with Gasteiger partial charge in [-0.25, -0.2) is 14.5 Å². The van der Waals surface area contributed by atoms with Gasteiger partial charge in [-0.3, -0.25) is 14.5 Å². The first-order valence-electron chi connectivity index (χ1n) is 5.17. The van der Waals surface area contributed by atoms with Crippen molar-refractivity contribution in [3.05, 3.63) is 0 Å². The predicted molar refractivity (Wildman–Crippen MR) is 56.0 cm³/mol. The van der Waals surface area contributed by atoms with Crippen molar-refractivity contribution in [1.29, 1.82) is 0 Å². The van der Waals surface area contributed by atoms with E-state index in [9.17, 15) is 19.2 Å². The van der Waals surface area contributed by atoms with E-state index >= 15 is 0 Å². The highest BCUT2D eigenvalue weighted by Gasteiger charge is 2.54. The van der Waals surface area contributed by atoms with E-state index in [1.54, 1.807) is 6.92 Å². The summed E-state index contributed by atoms with van der Waals surface area (Å²) in [5.74, 6) is -3.39. The van der Waals surface area contributed by atoms with Crippen LogP contribution in [0.25, 0.3) is 0 Å². The lowest BCUT2D eigenvalue weighted by Gasteiger charge is -2.31. The summed E-state index contributed by atoms with van der Waals surface area (Å²) in [7, 11) is 1.15. The van der Waals surface area contributed by atoms with Gasteiger partial charge in [-0.15, -0.1) is 0 Å². The molecule has 0 saturated carbocycles. The smallest absolute Gasteiger partial charge is 0.334 e. The molecule has 0 aromatic rings. The minimum Gasteiger partial charge on any atom is -0.479 e. The quantitative estimate of drug-likeness (QED) is 0.555. The number of hydrogen-bond donors (Lipinski definition) is 1. The van der Waals surface area contributed by atoms with E-state index < -0.39 is 29.4 Å². The van der Waals surface area contributed by atoms with E-state index in [2.05, 4.69) is 0 Å². The normalized spacial score (nSPS) is 19.8. The molecule has 1 fully saturated rings. The molecule has 4 amide bonds. The van der Waals surface area contributed by atoms with E-state index in [4.69, 9.17) is 5.11 Å². The molecule has 94 valence electrons. The topological polar surface area (TPSA) is 95.0 Å². The Labute approximate surface area is 98.0 Å². The van der Waals surface area contributed by atoms with Crippen LogP contribution >= 0.6 is 0 Å². The van der Waals surface area contributed by atoms with Crippen LogP contribution < -0.4 is 0 Å². The number of carbonyl (C=O) groups is 4. The third-order valence-corrected chi connectivity index (χ3v) is 2.86. The first-order valence-corrected chi connectivity index (χ1v) is 5.17. The molecule has 0 bridgehead atoms. The van der Waals surface area contributed by atoms with Gasteiger partial charge in [0.15, 0.2) is 0 Å². The number of carbonyl (C=O) groups excluding carboxylic acids is 3. The number of rotatable bonds is 4. The third kappa shape index (κ3) is 1.77. The number of carboxylic acids is 1. The lowest BCUT2D eigenvalue weighted by Crippen LogP contribution is -2.55. The second-order valence-electron chi connectivity index (χ2n) is 4.12. The van der Waals surface area contributed by atoms with Gasteiger partial charge in [0.2, 0.25) is 0 Å². The summed E-state index contributed by atoms with van der Waals surface area (Å²) in [5, 5.41) is 9.16. The molecule has 7 heteroatoms. The van der Waals surface area contributed by atoms with E-state index in [1.807, 2.05) is 0 Å². The molecule has 7 nitrogen and oxygen atoms in total. The molecule has 1 rings (SSSR count). The Hall–Kier alpha value is -1.92. The lowest BCUT2D eigenvalue weighted by atomic mass is 9.94. The zero-order valence-corrected chi connectivity index (χ0v) is 9.89. The summed E-state index contributed by atoms with van der Waals surface area (Å²) in [6, 6.07) is -0.890. The van der Waals surface area contributed by atoms with Gasteiger partial charge in [-0.2, -0.15) is 0 Å². The van der Waals surface area contributed by atoms with Crippen molar-refractivity contribution in [3.8, 4) is 0 Å². The van der Waals surface area contributed by atoms with Crippen molar-refractivity contribution in [3.63, 3.8) is 0 Å². The predicted octanol–water partition coefficient (Wildman–Crippen LogP) is 0.0504. The number of imide groups is 2. The second kappa shape index (κ2) is 4.15. The van der Waals surface area contributed by atoms with Crippen LogP contribution in [-0.2, 0) is 14.4 Å². The van der Waals surface area contributed by atoms with Crippen LogP contribution in [0.2, 0.25) is 0 Å². The van der Waals surface area contributed by atoms with Crippen LogP contribution in [0, 0.1) is 0 Å². The summed E-state index contributed by atoms with van der Waals surface area (Å²) in [6.45, 7) is 3.00. The first-order chi connectivity index (χ1) is 7.77. The Morgan fingerprint density at radius 1 is 1.29 bits per heavy atom. The fraction of sp³-hybridized carbons (Fsp3) is 0.600. The van der Waals surface area contributed by atoms with Crippen molar-refractivity contribution in [2.24, 2.45) is 0 Å². The molecular weight excluding hydrogens is 228 g/mol. The highest BCUT2D eigenvalue weighted by molar-refractivity contribution is 6.45. The number of amides is 4. The number of carboxylic acid groups (broad SMARTS) is 1. The maximum Gasteiger partial charge on any atom is 0.334 e. The van der Waals surface area contributed by atoms with E-state index in [0.29, 0.717) is 16.2 Å². The fourth-order valence-corrected chi connectivity index (χ4v) is 1.80. The standard InChI is InChI=1S/C10H14N2O5/c1-4-5-10(2,8(15)16)12-7(14)6(13)11(3)9(12)17/h4-5H2,1-3H3,(H,15,16). The first kappa shape index (κ1) is 13.1. The van der Waals surface area contributed by atoms with Crippen LogP contribution in [0.5, 0.6) is 0 Å². The summed E-state index contributed by atoms with van der Waals surface area (Å²) in [4.78, 5) is 47.0. The molecule has 0 spiro atoms. The molecule has 0 aromatic carbocycles. The van der Waals surface area contributed by atoms with Gasteiger partial charge >= 0.3 is 23.8 Å². The molecular formula is C10H14N2O5. The van der Waals surface area contributed by atoms with Gasteiger partial charge in [0.1, 0.15) is 5.54 Å². The molecule has 17 heavy (non-hydrogen) atoms. The van der Waals surface area contributed by atoms with Crippen molar-refractivity contribution in [2.45, 2.75) is 32.2 Å². The van der Waals surface area contributed by atoms with Gasteiger partial charge in [0.05, 0.1) is 0 Å². The van der Waals surface area contributed by atoms with Crippen LogP contribution in [0.3, 0.4) is 0 Å². The summed E-state index contributed by atoms with van der Waals surface area (Å²) < 4.78 is 0. The zero-order chi connectivity index (χ0) is 13.4. The monoisotopic (exact) mass is 242 g/mol. The summed E-state index contributed by atoms with van der Waals surface area (Å²) in [6.07, 6.45) is 0.568. The third-order valence-electron chi connectivity index (χ3n) is 2.86. The van der Waals surface area contributed by atoms with Gasteiger partial charge in [-0.1, -0.05) is 13.3 Å². The van der Waals surface area contributed by atoms with E-state index in [-0.39, 0.29) is 6.42 Å². The molecule has 1 heterocycles. The zero-order valence-electron chi connectivity index (χ0n) is 9.89. The van der Waals surface area contributed by atoms with Crippen LogP contribution in [-0.4, -0.2) is 51.3 Å². The SMILES string of the molecule is CCCC(C)(C(=O)O)N1C(=O)C(=O)N(C)C1=O. The largest absolute Gasteiger partial charge is 0.479 e. The Kier molecular flexibility index (Phi) is 3.21. The van der Waals surface area contributed by atoms with Crippen molar-refractivity contribution in [1.82, 2.24) is 9.80 Å². The van der Waals surface area contributed by atoms with Crippen molar-refractivity contribution < 1.29 is 24.3 Å². The van der Waals surface area contributed by atoms with Crippen LogP contribution in [0.4, 0.5) is 4.79 Å². The van der Waals surface area contributed by atoms with Crippen molar-refractivity contribution >= 4 is 23.8 Å². The fourth-order valence-electron chi connectivity index (χ4n) is 1.80. The minimum atomic E-state index is -1.68. The average Bonchev–Trinajstić information content (AvgIpc) is 2.44. The Balaban J connectivity index is 3.21. The van der Waals surface area contributed by atoms with Gasteiger partial charge in [-0.05, 0) is 13.3 Å². The lowest BCUT2D eigenvalue weighted by molar-refractivity contribution is -0.155. The maximum absolute atomic E-state index is 11.7. The molecule has 1 atom stereocenters. The highest BCUT2D eigenvalue weighted by atomic mass is 16.4. The molecule has 0 aliphatic carbocycles.